The highest BCUT2D eigenvalue weighted by atomic mass is 32.1. The number of rotatable bonds is 2. The molecule has 0 aliphatic carbocycles. The van der Waals surface area contributed by atoms with Crippen LogP contribution in [0.3, 0.4) is 0 Å². The van der Waals surface area contributed by atoms with E-state index in [0.717, 1.165) is 0 Å². The van der Waals surface area contributed by atoms with Crippen LogP contribution in [-0.4, -0.2) is 40.3 Å². The predicted octanol–water partition coefficient (Wildman–Crippen LogP) is 1.21. The van der Waals surface area contributed by atoms with Crippen LogP contribution in [0.5, 0.6) is 0 Å². The Kier molecular flexibility index (Phi) is 3.35. The third kappa shape index (κ3) is 2.48. The van der Waals surface area contributed by atoms with Gasteiger partial charge in [0.2, 0.25) is 0 Å². The lowest BCUT2D eigenvalue weighted by molar-refractivity contribution is 0.218. The number of thiazole rings is 1. The van der Waals surface area contributed by atoms with Crippen molar-refractivity contribution in [2.45, 2.75) is 19.2 Å². The van der Waals surface area contributed by atoms with Crippen LogP contribution in [0.25, 0.3) is 0 Å². The maximum Gasteiger partial charge on any atom is 0.323 e. The van der Waals surface area contributed by atoms with Gasteiger partial charge < -0.3 is 10.0 Å². The molecule has 2 heterocycles. The number of hydrogen-bond acceptors (Lipinski definition) is 4. The van der Waals surface area contributed by atoms with E-state index in [-0.39, 0.29) is 19.2 Å². The van der Waals surface area contributed by atoms with Crippen LogP contribution in [0, 0.1) is 0 Å². The second-order valence-corrected chi connectivity index (χ2v) is 4.67. The summed E-state index contributed by atoms with van der Waals surface area (Å²) in [5.74, 6) is 0. The number of aliphatic hydroxyl groups is 1. The lowest BCUT2D eigenvalue weighted by Crippen LogP contribution is -2.33. The molecule has 7 heteroatoms. The van der Waals surface area contributed by atoms with Crippen LogP contribution in [0.1, 0.15) is 11.3 Å². The van der Waals surface area contributed by atoms with E-state index >= 15 is 0 Å². The number of amides is 2. The lowest BCUT2D eigenvalue weighted by atomic mass is 10.3. The first-order chi connectivity index (χ1) is 7.69. The van der Waals surface area contributed by atoms with Gasteiger partial charge in [0.25, 0.3) is 0 Å². The van der Waals surface area contributed by atoms with Gasteiger partial charge in [-0.15, -0.1) is 0 Å². The summed E-state index contributed by atoms with van der Waals surface area (Å²) in [6.45, 7) is 0.485. The summed E-state index contributed by atoms with van der Waals surface area (Å²) in [5, 5.41) is 11.8. The summed E-state index contributed by atoms with van der Waals surface area (Å²) in [4.78, 5) is 17.6. The number of carbonyl (C=O) groups excluding carboxylic acids is 1. The molecule has 16 heavy (non-hydrogen) atoms. The molecule has 1 saturated heterocycles. The number of aromatic nitrogens is 1. The number of alkyl halides is 1. The van der Waals surface area contributed by atoms with Crippen LogP contribution >= 0.6 is 11.3 Å². The number of halogens is 1. The van der Waals surface area contributed by atoms with Gasteiger partial charge in [0.1, 0.15) is 6.17 Å². The van der Waals surface area contributed by atoms with Crippen molar-refractivity contribution in [1.29, 1.82) is 0 Å². The zero-order valence-electron chi connectivity index (χ0n) is 8.52. The van der Waals surface area contributed by atoms with E-state index in [1.165, 1.54) is 22.4 Å². The van der Waals surface area contributed by atoms with Crippen molar-refractivity contribution < 1.29 is 14.3 Å². The highest BCUT2D eigenvalue weighted by molar-refractivity contribution is 7.15. The molecule has 0 radical (unpaired) electrons. The first kappa shape index (κ1) is 11.3. The number of aliphatic hydroxyl groups excluding tert-OH is 1. The smallest absolute Gasteiger partial charge is 0.323 e. The standard InChI is InChI=1S/C9H12FN3O2S/c10-6-1-2-13(4-6)9(15)12-8-11-3-7(5-14)16-8/h3,6,14H,1-2,4-5H2,(H,11,12,15)/t6-/m1/s1. The molecule has 88 valence electrons. The predicted molar refractivity (Wildman–Crippen MR) is 58.1 cm³/mol. The van der Waals surface area contributed by atoms with E-state index in [1.54, 1.807) is 0 Å². The van der Waals surface area contributed by atoms with Gasteiger partial charge >= 0.3 is 6.03 Å². The molecule has 2 N–H and O–H groups in total. The quantitative estimate of drug-likeness (QED) is 0.823. The Morgan fingerprint density at radius 1 is 1.81 bits per heavy atom. The molecule has 1 atom stereocenters. The summed E-state index contributed by atoms with van der Waals surface area (Å²) in [6, 6.07) is -0.334. The van der Waals surface area contributed by atoms with E-state index in [4.69, 9.17) is 5.11 Å². The molecule has 1 fully saturated rings. The Bertz CT molecular complexity index is 385. The van der Waals surface area contributed by atoms with Crippen molar-refractivity contribution in [3.63, 3.8) is 0 Å². The zero-order chi connectivity index (χ0) is 11.5. The average molecular weight is 245 g/mol. The minimum Gasteiger partial charge on any atom is -0.391 e. The molecule has 1 aromatic heterocycles. The SMILES string of the molecule is O=C(Nc1ncc(CO)s1)N1CC[C@@H](F)C1. The van der Waals surface area contributed by atoms with E-state index in [2.05, 4.69) is 10.3 Å². The molecular formula is C9H12FN3O2S. The molecule has 1 aliphatic rings. The molecule has 1 aromatic rings. The zero-order valence-corrected chi connectivity index (χ0v) is 9.34. The van der Waals surface area contributed by atoms with Crippen LogP contribution in [0.4, 0.5) is 14.3 Å². The second-order valence-electron chi connectivity index (χ2n) is 3.55. The largest absolute Gasteiger partial charge is 0.391 e. The molecule has 0 saturated carbocycles. The van der Waals surface area contributed by atoms with Gasteiger partial charge in [0.05, 0.1) is 18.0 Å². The Morgan fingerprint density at radius 3 is 3.19 bits per heavy atom. The summed E-state index contributed by atoms with van der Waals surface area (Å²) in [6.07, 6.45) is 0.977. The number of anilines is 1. The number of likely N-dealkylation sites (tertiary alicyclic amines) is 1. The Morgan fingerprint density at radius 2 is 2.62 bits per heavy atom. The van der Waals surface area contributed by atoms with Crippen molar-refractivity contribution >= 4 is 22.5 Å². The van der Waals surface area contributed by atoms with E-state index < -0.39 is 6.17 Å². The van der Waals surface area contributed by atoms with Crippen LogP contribution < -0.4 is 5.32 Å². The third-order valence-corrected chi connectivity index (χ3v) is 3.24. The van der Waals surface area contributed by atoms with Gasteiger partial charge in [-0.05, 0) is 6.42 Å². The van der Waals surface area contributed by atoms with Crippen molar-refractivity contribution in [3.05, 3.63) is 11.1 Å². The summed E-state index contributed by atoms with van der Waals surface area (Å²) < 4.78 is 12.9. The maximum absolute atomic E-state index is 12.9. The molecule has 2 amide bonds. The summed E-state index contributed by atoms with van der Waals surface area (Å²) in [7, 11) is 0. The molecule has 0 aromatic carbocycles. The fraction of sp³-hybridized carbons (Fsp3) is 0.556. The van der Waals surface area contributed by atoms with Crippen LogP contribution in [-0.2, 0) is 6.61 Å². The second kappa shape index (κ2) is 4.75. The monoisotopic (exact) mass is 245 g/mol. The highest BCUT2D eigenvalue weighted by Gasteiger charge is 2.26. The Labute approximate surface area is 95.9 Å². The summed E-state index contributed by atoms with van der Waals surface area (Å²) >= 11 is 1.21. The van der Waals surface area contributed by atoms with Crippen molar-refractivity contribution in [2.24, 2.45) is 0 Å². The first-order valence-corrected chi connectivity index (χ1v) is 5.76. The van der Waals surface area contributed by atoms with E-state index in [1.807, 2.05) is 0 Å². The first-order valence-electron chi connectivity index (χ1n) is 4.94. The van der Waals surface area contributed by atoms with Crippen LogP contribution in [0.2, 0.25) is 0 Å². The van der Waals surface area contributed by atoms with Crippen molar-refractivity contribution in [3.8, 4) is 0 Å². The maximum atomic E-state index is 12.9. The minimum atomic E-state index is -0.921. The van der Waals surface area contributed by atoms with E-state index in [0.29, 0.717) is 23.0 Å². The minimum absolute atomic E-state index is 0.0934. The number of nitrogens with zero attached hydrogens (tertiary/aromatic N) is 2. The highest BCUT2D eigenvalue weighted by Crippen LogP contribution is 2.19. The average Bonchev–Trinajstić information content (AvgIpc) is 2.87. The number of urea groups is 1. The molecule has 0 bridgehead atoms. The molecule has 2 rings (SSSR count). The Hall–Kier alpha value is -1.21. The van der Waals surface area contributed by atoms with E-state index in [9.17, 15) is 9.18 Å². The molecule has 0 spiro atoms. The van der Waals surface area contributed by atoms with Gasteiger partial charge in [-0.2, -0.15) is 0 Å². The topological polar surface area (TPSA) is 65.5 Å². The molecule has 1 aliphatic heterocycles. The van der Waals surface area contributed by atoms with Crippen LogP contribution in [0.15, 0.2) is 6.20 Å². The number of carbonyl (C=O) groups is 1. The van der Waals surface area contributed by atoms with Gasteiger partial charge in [-0.3, -0.25) is 5.32 Å². The summed E-state index contributed by atoms with van der Waals surface area (Å²) in [5.41, 5.74) is 0. The van der Waals surface area contributed by atoms with Crippen molar-refractivity contribution in [1.82, 2.24) is 9.88 Å². The molecule has 0 unspecified atom stereocenters. The fourth-order valence-electron chi connectivity index (χ4n) is 1.51. The Balaban J connectivity index is 1.91. The fourth-order valence-corrected chi connectivity index (χ4v) is 2.17. The van der Waals surface area contributed by atoms with Gasteiger partial charge in [-0.1, -0.05) is 11.3 Å². The van der Waals surface area contributed by atoms with Gasteiger partial charge in [-0.25, -0.2) is 14.2 Å². The number of hydrogen-bond donors (Lipinski definition) is 2. The third-order valence-electron chi connectivity index (χ3n) is 2.34. The molecule has 5 nitrogen and oxygen atoms in total. The van der Waals surface area contributed by atoms with Crippen molar-refractivity contribution in [2.75, 3.05) is 18.4 Å². The normalized spacial score (nSPS) is 20.1. The number of nitrogens with one attached hydrogen (secondary N) is 1. The van der Waals surface area contributed by atoms with Gasteiger partial charge in [0, 0.05) is 12.7 Å². The lowest BCUT2D eigenvalue weighted by Gasteiger charge is -2.14. The molecular weight excluding hydrogens is 233 g/mol. The van der Waals surface area contributed by atoms with Gasteiger partial charge in [0.15, 0.2) is 5.13 Å².